The van der Waals surface area contributed by atoms with Crippen molar-refractivity contribution in [2.24, 2.45) is 0 Å². The Balaban J connectivity index is 2.07. The van der Waals surface area contributed by atoms with Crippen molar-refractivity contribution in [2.75, 3.05) is 6.26 Å². The number of aromatic nitrogens is 2. The van der Waals surface area contributed by atoms with Gasteiger partial charge in [0, 0.05) is 17.4 Å². The first kappa shape index (κ1) is 13.0. The van der Waals surface area contributed by atoms with E-state index >= 15 is 0 Å². The zero-order chi connectivity index (χ0) is 13.9. The number of para-hydroxylation sites is 1. The van der Waals surface area contributed by atoms with Crippen molar-refractivity contribution in [2.45, 2.75) is 12.1 Å². The van der Waals surface area contributed by atoms with Gasteiger partial charge in [-0.05, 0) is 25.3 Å². The van der Waals surface area contributed by atoms with Crippen molar-refractivity contribution in [3.63, 3.8) is 0 Å². The van der Waals surface area contributed by atoms with E-state index in [4.69, 9.17) is 4.98 Å². The van der Waals surface area contributed by atoms with Crippen LogP contribution < -0.4 is 0 Å². The number of hydrogen-bond donors (Lipinski definition) is 0. The zero-order valence-electron chi connectivity index (χ0n) is 11.6. The highest BCUT2D eigenvalue weighted by molar-refractivity contribution is 7.98. The fourth-order valence-corrected chi connectivity index (χ4v) is 2.69. The number of rotatable bonds is 3. The van der Waals surface area contributed by atoms with Gasteiger partial charge in [-0.3, -0.25) is 4.57 Å². The Morgan fingerprint density at radius 3 is 2.30 bits per heavy atom. The summed E-state index contributed by atoms with van der Waals surface area (Å²) in [4.78, 5) is 4.73. The van der Waals surface area contributed by atoms with E-state index in [9.17, 15) is 0 Å². The molecule has 2 nitrogen and oxygen atoms in total. The van der Waals surface area contributed by atoms with Gasteiger partial charge in [0.2, 0.25) is 0 Å². The highest BCUT2D eigenvalue weighted by Gasteiger charge is 2.10. The number of nitrogens with zero attached hydrogens (tertiary/aromatic N) is 2. The molecule has 0 atom stereocenters. The molecule has 3 rings (SSSR count). The molecule has 0 unspecified atom stereocenters. The summed E-state index contributed by atoms with van der Waals surface area (Å²) in [5, 5.41) is 1.01. The molecule has 0 saturated carbocycles. The van der Waals surface area contributed by atoms with Crippen LogP contribution in [0.1, 0.15) is 5.56 Å². The van der Waals surface area contributed by atoms with Crippen LogP contribution in [0.4, 0.5) is 0 Å². The highest BCUT2D eigenvalue weighted by Crippen LogP contribution is 2.26. The van der Waals surface area contributed by atoms with Crippen molar-refractivity contribution in [3.05, 3.63) is 66.4 Å². The molecule has 3 aromatic rings. The van der Waals surface area contributed by atoms with Crippen LogP contribution in [0.25, 0.3) is 16.9 Å². The van der Waals surface area contributed by atoms with Gasteiger partial charge in [-0.2, -0.15) is 0 Å². The molecule has 100 valence electrons. The summed E-state index contributed by atoms with van der Waals surface area (Å²) in [6.45, 7) is 2.10. The summed E-state index contributed by atoms with van der Waals surface area (Å²) in [5.74, 6) is 0. The molecule has 0 spiro atoms. The van der Waals surface area contributed by atoms with E-state index in [1.165, 1.54) is 5.56 Å². The van der Waals surface area contributed by atoms with Crippen LogP contribution in [0.15, 0.2) is 66.0 Å². The Morgan fingerprint density at radius 2 is 1.65 bits per heavy atom. The van der Waals surface area contributed by atoms with Crippen molar-refractivity contribution < 1.29 is 0 Å². The Bertz CT molecular complexity index is 700. The lowest BCUT2D eigenvalue weighted by Gasteiger charge is -2.04. The first-order valence-electron chi connectivity index (χ1n) is 6.54. The number of thioether (sulfide) groups is 1. The average Bonchev–Trinajstić information content (AvgIpc) is 2.93. The highest BCUT2D eigenvalue weighted by atomic mass is 32.2. The number of imidazole rings is 1. The first-order chi connectivity index (χ1) is 9.78. The molecule has 0 saturated heterocycles. The summed E-state index contributed by atoms with van der Waals surface area (Å²) in [6.07, 6.45) is 4.16. The number of hydrogen-bond acceptors (Lipinski definition) is 2. The van der Waals surface area contributed by atoms with E-state index in [0.29, 0.717) is 0 Å². The second-order valence-electron chi connectivity index (χ2n) is 4.68. The third-order valence-electron chi connectivity index (χ3n) is 3.24. The molecule has 1 aromatic heterocycles. The number of aryl methyl sites for hydroxylation is 1. The van der Waals surface area contributed by atoms with Crippen molar-refractivity contribution >= 4 is 11.8 Å². The van der Waals surface area contributed by atoms with Crippen LogP contribution in [0.5, 0.6) is 0 Å². The van der Waals surface area contributed by atoms with Crippen LogP contribution in [-0.2, 0) is 0 Å². The van der Waals surface area contributed by atoms with Gasteiger partial charge in [-0.25, -0.2) is 4.98 Å². The predicted molar refractivity (Wildman–Crippen MR) is 85.5 cm³/mol. The molecule has 2 aromatic carbocycles. The van der Waals surface area contributed by atoms with Gasteiger partial charge < -0.3 is 0 Å². The summed E-state index contributed by atoms with van der Waals surface area (Å²) in [6, 6.07) is 18.8. The normalized spacial score (nSPS) is 10.7. The maximum Gasteiger partial charge on any atom is 0.172 e. The van der Waals surface area contributed by atoms with Crippen LogP contribution in [0.2, 0.25) is 0 Å². The largest absolute Gasteiger partial charge is 0.294 e. The van der Waals surface area contributed by atoms with Gasteiger partial charge >= 0.3 is 0 Å². The van der Waals surface area contributed by atoms with E-state index in [1.807, 2.05) is 18.2 Å². The van der Waals surface area contributed by atoms with E-state index in [1.54, 1.807) is 11.8 Å². The molecule has 3 heteroatoms. The van der Waals surface area contributed by atoms with E-state index < -0.39 is 0 Å². The van der Waals surface area contributed by atoms with Crippen molar-refractivity contribution in [1.82, 2.24) is 9.55 Å². The maximum absolute atomic E-state index is 4.73. The Labute approximate surface area is 123 Å². The quantitative estimate of drug-likeness (QED) is 0.654. The molecule has 0 fully saturated rings. The van der Waals surface area contributed by atoms with E-state index in [0.717, 1.165) is 22.1 Å². The molecule has 0 radical (unpaired) electrons. The topological polar surface area (TPSA) is 17.8 Å². The predicted octanol–water partition coefficient (Wildman–Crippen LogP) is 4.57. The maximum atomic E-state index is 4.73. The Kier molecular flexibility index (Phi) is 3.61. The van der Waals surface area contributed by atoms with Gasteiger partial charge in [-0.15, -0.1) is 0 Å². The molecule has 0 amide bonds. The summed E-state index contributed by atoms with van der Waals surface area (Å²) in [5.41, 5.74) is 4.57. The average molecular weight is 280 g/mol. The summed E-state index contributed by atoms with van der Waals surface area (Å²) >= 11 is 1.66. The molecule has 0 aliphatic heterocycles. The third kappa shape index (κ3) is 2.49. The van der Waals surface area contributed by atoms with Gasteiger partial charge in [0.05, 0.1) is 5.69 Å². The van der Waals surface area contributed by atoms with Crippen molar-refractivity contribution in [3.8, 4) is 16.9 Å². The Morgan fingerprint density at radius 1 is 0.950 bits per heavy atom. The first-order valence-corrected chi connectivity index (χ1v) is 7.76. The zero-order valence-corrected chi connectivity index (χ0v) is 12.4. The second kappa shape index (κ2) is 5.55. The van der Waals surface area contributed by atoms with Crippen LogP contribution in [0, 0.1) is 6.92 Å². The molecule has 0 N–H and O–H groups in total. The van der Waals surface area contributed by atoms with Crippen LogP contribution in [0.3, 0.4) is 0 Å². The lowest BCUT2D eigenvalue weighted by molar-refractivity contribution is 0.898. The smallest absolute Gasteiger partial charge is 0.172 e. The monoisotopic (exact) mass is 280 g/mol. The lowest BCUT2D eigenvalue weighted by atomic mass is 10.1. The molecular weight excluding hydrogens is 264 g/mol. The summed E-state index contributed by atoms with van der Waals surface area (Å²) in [7, 11) is 0. The van der Waals surface area contributed by atoms with E-state index in [-0.39, 0.29) is 0 Å². The molecule has 20 heavy (non-hydrogen) atoms. The molecule has 1 heterocycles. The number of benzene rings is 2. The minimum absolute atomic E-state index is 1.01. The van der Waals surface area contributed by atoms with Crippen molar-refractivity contribution in [1.29, 1.82) is 0 Å². The molecular formula is C17H16N2S. The minimum atomic E-state index is 1.01. The SMILES string of the molecule is CSc1nc(-c2ccc(C)cc2)cn1-c1ccccc1. The van der Waals surface area contributed by atoms with Gasteiger partial charge in [0.1, 0.15) is 0 Å². The standard InChI is InChI=1S/C17H16N2S/c1-13-8-10-14(11-9-13)16-12-19(17(18-16)20-2)15-6-4-3-5-7-15/h3-12H,1-2H3. The second-order valence-corrected chi connectivity index (χ2v) is 5.46. The lowest BCUT2D eigenvalue weighted by Crippen LogP contribution is -1.93. The van der Waals surface area contributed by atoms with Crippen LogP contribution >= 0.6 is 11.8 Å². The van der Waals surface area contributed by atoms with Gasteiger partial charge in [0.25, 0.3) is 0 Å². The molecule has 0 aliphatic rings. The van der Waals surface area contributed by atoms with Crippen LogP contribution in [-0.4, -0.2) is 15.8 Å². The fraction of sp³-hybridized carbons (Fsp3) is 0.118. The summed E-state index contributed by atoms with van der Waals surface area (Å²) < 4.78 is 2.14. The fourth-order valence-electron chi connectivity index (χ4n) is 2.14. The Hall–Kier alpha value is -2.00. The third-order valence-corrected chi connectivity index (χ3v) is 3.89. The van der Waals surface area contributed by atoms with E-state index in [2.05, 4.69) is 60.3 Å². The van der Waals surface area contributed by atoms with Gasteiger partial charge in [0.15, 0.2) is 5.16 Å². The molecule has 0 bridgehead atoms. The molecule has 0 aliphatic carbocycles. The van der Waals surface area contributed by atoms with Gasteiger partial charge in [-0.1, -0.05) is 59.8 Å². The minimum Gasteiger partial charge on any atom is -0.294 e.